The van der Waals surface area contributed by atoms with E-state index in [4.69, 9.17) is 14.6 Å². The fraction of sp³-hybridized carbons (Fsp3) is 0.438. The van der Waals surface area contributed by atoms with Crippen LogP contribution >= 0.6 is 0 Å². The van der Waals surface area contributed by atoms with Crippen LogP contribution in [0.3, 0.4) is 0 Å². The highest BCUT2D eigenvalue weighted by Gasteiger charge is 2.23. The third-order valence-corrected chi connectivity index (χ3v) is 2.68. The van der Waals surface area contributed by atoms with Crippen molar-refractivity contribution in [3.63, 3.8) is 0 Å². The van der Waals surface area contributed by atoms with Crippen molar-refractivity contribution in [2.75, 3.05) is 6.61 Å². The Balaban J connectivity index is 2.71. The minimum atomic E-state index is -0.630. The van der Waals surface area contributed by atoms with E-state index in [-0.39, 0.29) is 19.2 Å². The van der Waals surface area contributed by atoms with Gasteiger partial charge in [0.1, 0.15) is 12.4 Å². The molecule has 0 fully saturated rings. The molecule has 1 atom stereocenters. The summed E-state index contributed by atoms with van der Waals surface area (Å²) in [7, 11) is 0. The Hall–Kier alpha value is -1.81. The zero-order valence-corrected chi connectivity index (χ0v) is 12.0. The lowest BCUT2D eigenvalue weighted by Gasteiger charge is -2.19. The highest BCUT2D eigenvalue weighted by atomic mass is 16.6. The van der Waals surface area contributed by atoms with E-state index in [9.17, 15) is 4.79 Å². The molecule has 4 nitrogen and oxygen atoms in total. The number of aliphatic hydroxyl groups is 1. The van der Waals surface area contributed by atoms with Gasteiger partial charge in [-0.3, -0.25) is 0 Å². The highest BCUT2D eigenvalue weighted by Crippen LogP contribution is 2.18. The first-order valence-corrected chi connectivity index (χ1v) is 6.70. The Bertz CT molecular complexity index is 423. The van der Waals surface area contributed by atoms with Crippen molar-refractivity contribution < 1.29 is 19.4 Å². The van der Waals surface area contributed by atoms with Crippen LogP contribution in [0.4, 0.5) is 0 Å². The van der Waals surface area contributed by atoms with Gasteiger partial charge in [0, 0.05) is 0 Å². The second-order valence-electron chi connectivity index (χ2n) is 4.96. The first kappa shape index (κ1) is 16.2. The molecule has 0 amide bonds. The topological polar surface area (TPSA) is 55.8 Å². The Morgan fingerprint density at radius 1 is 1.35 bits per heavy atom. The standard InChI is InChI=1S/C16H22O4/c1-4-9-19-16(18)15(10-12(2)3)20-14-7-5-13(11-17)6-8-14/h4-8,12,15,17H,1,9-11H2,2-3H3/t15-/m1/s1. The molecule has 1 N–H and O–H groups in total. The summed E-state index contributed by atoms with van der Waals surface area (Å²) >= 11 is 0. The number of benzene rings is 1. The second kappa shape index (κ2) is 8.38. The van der Waals surface area contributed by atoms with Crippen molar-refractivity contribution in [3.05, 3.63) is 42.5 Å². The first-order chi connectivity index (χ1) is 9.56. The summed E-state index contributed by atoms with van der Waals surface area (Å²) in [4.78, 5) is 11.9. The number of carbonyl (C=O) groups excluding carboxylic acids is 1. The molecular weight excluding hydrogens is 256 g/mol. The zero-order chi connectivity index (χ0) is 15.0. The molecule has 0 bridgehead atoms. The normalized spacial score (nSPS) is 12.0. The van der Waals surface area contributed by atoms with Gasteiger partial charge >= 0.3 is 5.97 Å². The average Bonchev–Trinajstić information content (AvgIpc) is 2.44. The number of aliphatic hydroxyl groups excluding tert-OH is 1. The van der Waals surface area contributed by atoms with Gasteiger partial charge in [0.05, 0.1) is 6.61 Å². The summed E-state index contributed by atoms with van der Waals surface area (Å²) in [5.41, 5.74) is 0.798. The molecule has 0 saturated carbocycles. The van der Waals surface area contributed by atoms with Gasteiger partial charge in [0.25, 0.3) is 0 Å². The second-order valence-corrected chi connectivity index (χ2v) is 4.96. The minimum Gasteiger partial charge on any atom is -0.479 e. The lowest BCUT2D eigenvalue weighted by molar-refractivity contribution is -0.151. The highest BCUT2D eigenvalue weighted by molar-refractivity contribution is 5.75. The van der Waals surface area contributed by atoms with Gasteiger partial charge in [-0.15, -0.1) is 0 Å². The van der Waals surface area contributed by atoms with E-state index in [0.717, 1.165) is 5.56 Å². The van der Waals surface area contributed by atoms with Crippen LogP contribution in [0, 0.1) is 5.92 Å². The van der Waals surface area contributed by atoms with Crippen molar-refractivity contribution >= 4 is 5.97 Å². The van der Waals surface area contributed by atoms with Crippen LogP contribution in [0.1, 0.15) is 25.8 Å². The molecule has 0 saturated heterocycles. The molecule has 0 radical (unpaired) electrons. The number of rotatable bonds is 8. The van der Waals surface area contributed by atoms with Gasteiger partial charge in [-0.2, -0.15) is 0 Å². The fourth-order valence-corrected chi connectivity index (χ4v) is 1.69. The predicted octanol–water partition coefficient (Wildman–Crippen LogP) is 2.70. The number of carbonyl (C=O) groups is 1. The van der Waals surface area contributed by atoms with Gasteiger partial charge in [-0.05, 0) is 30.0 Å². The molecule has 1 aromatic rings. The van der Waals surface area contributed by atoms with Crippen molar-refractivity contribution in [3.8, 4) is 5.75 Å². The first-order valence-electron chi connectivity index (χ1n) is 6.70. The third kappa shape index (κ3) is 5.45. The van der Waals surface area contributed by atoms with Crippen molar-refractivity contribution in [1.82, 2.24) is 0 Å². The lowest BCUT2D eigenvalue weighted by Crippen LogP contribution is -2.31. The van der Waals surface area contributed by atoms with Gasteiger partial charge in [0.2, 0.25) is 0 Å². The molecule has 0 aliphatic carbocycles. The maximum Gasteiger partial charge on any atom is 0.347 e. The van der Waals surface area contributed by atoms with Gasteiger partial charge in [0.15, 0.2) is 6.10 Å². The molecule has 0 aliphatic heterocycles. The van der Waals surface area contributed by atoms with Crippen LogP contribution in [0.5, 0.6) is 5.75 Å². The van der Waals surface area contributed by atoms with E-state index in [1.165, 1.54) is 6.08 Å². The Labute approximate surface area is 120 Å². The summed E-state index contributed by atoms with van der Waals surface area (Å²) in [5, 5.41) is 8.99. The van der Waals surface area contributed by atoms with Crippen molar-refractivity contribution in [1.29, 1.82) is 0 Å². The SMILES string of the molecule is C=CCOC(=O)[C@@H](CC(C)C)Oc1ccc(CO)cc1. The Kier molecular flexibility index (Phi) is 6.81. The molecule has 0 aliphatic rings. The van der Waals surface area contributed by atoms with E-state index in [1.807, 2.05) is 13.8 Å². The number of hydrogen-bond donors (Lipinski definition) is 1. The van der Waals surface area contributed by atoms with E-state index in [1.54, 1.807) is 24.3 Å². The minimum absolute atomic E-state index is 0.0168. The third-order valence-electron chi connectivity index (χ3n) is 2.68. The Morgan fingerprint density at radius 2 is 2.00 bits per heavy atom. The van der Waals surface area contributed by atoms with Crippen LogP contribution in [0.25, 0.3) is 0 Å². The fourth-order valence-electron chi connectivity index (χ4n) is 1.69. The molecule has 1 aromatic carbocycles. The van der Waals surface area contributed by atoms with Crippen LogP contribution in [-0.2, 0) is 16.1 Å². The molecule has 110 valence electrons. The molecule has 1 rings (SSSR count). The van der Waals surface area contributed by atoms with Crippen LogP contribution in [0.15, 0.2) is 36.9 Å². The summed E-state index contributed by atoms with van der Waals surface area (Å²) in [6.07, 6.45) is 1.48. The maximum absolute atomic E-state index is 11.9. The summed E-state index contributed by atoms with van der Waals surface area (Å²) in [5.74, 6) is 0.515. The van der Waals surface area contributed by atoms with E-state index >= 15 is 0 Å². The molecule has 0 aromatic heterocycles. The molecule has 20 heavy (non-hydrogen) atoms. The summed E-state index contributed by atoms with van der Waals surface area (Å²) in [6.45, 7) is 7.72. The van der Waals surface area contributed by atoms with Crippen molar-refractivity contribution in [2.45, 2.75) is 33.0 Å². The number of esters is 1. The molecular formula is C16H22O4. The van der Waals surface area contributed by atoms with Crippen LogP contribution in [0.2, 0.25) is 0 Å². The number of hydrogen-bond acceptors (Lipinski definition) is 4. The zero-order valence-electron chi connectivity index (χ0n) is 12.0. The monoisotopic (exact) mass is 278 g/mol. The molecule has 0 heterocycles. The smallest absolute Gasteiger partial charge is 0.347 e. The van der Waals surface area contributed by atoms with Crippen LogP contribution in [-0.4, -0.2) is 23.8 Å². The van der Waals surface area contributed by atoms with E-state index < -0.39 is 6.10 Å². The molecule has 0 unspecified atom stereocenters. The Morgan fingerprint density at radius 3 is 2.50 bits per heavy atom. The predicted molar refractivity (Wildman–Crippen MR) is 77.4 cm³/mol. The van der Waals surface area contributed by atoms with Crippen molar-refractivity contribution in [2.24, 2.45) is 5.92 Å². The quantitative estimate of drug-likeness (QED) is 0.587. The number of ether oxygens (including phenoxy) is 2. The van der Waals surface area contributed by atoms with Gasteiger partial charge in [-0.25, -0.2) is 4.79 Å². The largest absolute Gasteiger partial charge is 0.479 e. The summed E-state index contributed by atoms with van der Waals surface area (Å²) in [6, 6.07) is 6.99. The molecule has 4 heteroatoms. The molecule has 0 spiro atoms. The van der Waals surface area contributed by atoms with Gasteiger partial charge in [-0.1, -0.05) is 38.6 Å². The lowest BCUT2D eigenvalue weighted by atomic mass is 10.1. The van der Waals surface area contributed by atoms with E-state index in [0.29, 0.717) is 18.1 Å². The summed E-state index contributed by atoms with van der Waals surface area (Å²) < 4.78 is 10.7. The average molecular weight is 278 g/mol. The van der Waals surface area contributed by atoms with Gasteiger partial charge < -0.3 is 14.6 Å². The van der Waals surface area contributed by atoms with Crippen LogP contribution < -0.4 is 4.74 Å². The van der Waals surface area contributed by atoms with E-state index in [2.05, 4.69) is 6.58 Å². The maximum atomic E-state index is 11.9.